The summed E-state index contributed by atoms with van der Waals surface area (Å²) in [6.07, 6.45) is 7.78. The number of hydrogen-bond acceptors (Lipinski definition) is 2. The molecule has 1 fully saturated rings. The molecule has 3 heteroatoms. The first-order valence-electron chi connectivity index (χ1n) is 6.08. The Kier molecular flexibility index (Phi) is 3.94. The van der Waals surface area contributed by atoms with Gasteiger partial charge in [0.15, 0.2) is 0 Å². The summed E-state index contributed by atoms with van der Waals surface area (Å²) in [6.45, 7) is 0. The zero-order chi connectivity index (χ0) is 11.4. The van der Waals surface area contributed by atoms with Crippen molar-refractivity contribution in [2.24, 2.45) is 0 Å². The second-order valence-electron chi connectivity index (χ2n) is 4.54. The fourth-order valence-electron chi connectivity index (χ4n) is 2.32. The Hall–Kier alpha value is -0.890. The van der Waals surface area contributed by atoms with E-state index in [-0.39, 0.29) is 0 Å². The Morgan fingerprint density at radius 1 is 1.12 bits per heavy atom. The Balaban J connectivity index is 2.07. The monoisotopic (exact) mass is 238 g/mol. The zero-order valence-corrected chi connectivity index (χ0v) is 10.3. The summed E-state index contributed by atoms with van der Waals surface area (Å²) < 4.78 is 0. The molecule has 1 aromatic carbocycles. The molecular weight excluding hydrogens is 220 g/mol. The Bertz CT molecular complexity index is 324. The molecule has 0 radical (unpaired) electrons. The van der Waals surface area contributed by atoms with Crippen molar-refractivity contribution in [2.75, 3.05) is 11.1 Å². The van der Waals surface area contributed by atoms with Gasteiger partial charge >= 0.3 is 0 Å². The van der Waals surface area contributed by atoms with E-state index in [9.17, 15) is 0 Å². The highest BCUT2D eigenvalue weighted by Gasteiger charge is 2.14. The average molecular weight is 239 g/mol. The molecule has 0 aromatic heterocycles. The van der Waals surface area contributed by atoms with Crippen LogP contribution in [0.4, 0.5) is 11.4 Å². The maximum atomic E-state index is 6.15. The molecule has 0 aliphatic heterocycles. The summed E-state index contributed by atoms with van der Waals surface area (Å²) in [7, 11) is 0. The van der Waals surface area contributed by atoms with E-state index in [0.29, 0.717) is 6.04 Å². The van der Waals surface area contributed by atoms with E-state index in [1.807, 2.05) is 18.2 Å². The minimum atomic E-state index is 0.532. The van der Waals surface area contributed by atoms with Gasteiger partial charge in [0, 0.05) is 6.04 Å². The number of benzene rings is 1. The molecule has 3 N–H and O–H groups in total. The quantitative estimate of drug-likeness (QED) is 0.603. The normalized spacial score (nSPS) is 18.1. The van der Waals surface area contributed by atoms with E-state index >= 15 is 0 Å². The lowest BCUT2D eigenvalue weighted by Gasteiger charge is -2.19. The van der Waals surface area contributed by atoms with E-state index in [0.717, 1.165) is 16.4 Å². The van der Waals surface area contributed by atoms with Gasteiger partial charge < -0.3 is 11.1 Å². The third-order valence-corrected chi connectivity index (χ3v) is 3.56. The third-order valence-electron chi connectivity index (χ3n) is 3.25. The van der Waals surface area contributed by atoms with Crippen LogP contribution in [0.1, 0.15) is 38.5 Å². The van der Waals surface area contributed by atoms with Crippen molar-refractivity contribution >= 4 is 23.0 Å². The smallest absolute Gasteiger partial charge is 0.0765 e. The number of nitrogen functional groups attached to an aromatic ring is 1. The fourth-order valence-corrected chi connectivity index (χ4v) is 2.56. The van der Waals surface area contributed by atoms with Crippen molar-refractivity contribution in [3.05, 3.63) is 23.2 Å². The highest BCUT2D eigenvalue weighted by molar-refractivity contribution is 6.33. The second-order valence-corrected chi connectivity index (χ2v) is 4.94. The van der Waals surface area contributed by atoms with Gasteiger partial charge in [0.05, 0.1) is 16.4 Å². The average Bonchev–Trinajstić information content (AvgIpc) is 2.52. The molecule has 88 valence electrons. The van der Waals surface area contributed by atoms with Gasteiger partial charge in [-0.15, -0.1) is 0 Å². The van der Waals surface area contributed by atoms with Crippen LogP contribution in [-0.4, -0.2) is 6.04 Å². The number of hydrogen-bond donors (Lipinski definition) is 2. The standard InChI is InChI=1S/C13H19ClN2/c14-11-8-5-9-12(15)13(11)16-10-6-3-1-2-4-7-10/h5,8-10,16H,1-4,6-7,15H2. The summed E-state index contributed by atoms with van der Waals surface area (Å²) in [5.74, 6) is 0. The van der Waals surface area contributed by atoms with Crippen LogP contribution in [-0.2, 0) is 0 Å². The lowest BCUT2D eigenvalue weighted by Crippen LogP contribution is -2.19. The molecule has 0 atom stereocenters. The molecule has 16 heavy (non-hydrogen) atoms. The lowest BCUT2D eigenvalue weighted by molar-refractivity contribution is 0.620. The fraction of sp³-hybridized carbons (Fsp3) is 0.538. The minimum Gasteiger partial charge on any atom is -0.397 e. The van der Waals surface area contributed by atoms with Crippen molar-refractivity contribution in [2.45, 2.75) is 44.6 Å². The number of halogens is 1. The summed E-state index contributed by atoms with van der Waals surface area (Å²) in [6, 6.07) is 6.20. The second kappa shape index (κ2) is 5.44. The van der Waals surface area contributed by atoms with Gasteiger partial charge in [0.2, 0.25) is 0 Å². The Morgan fingerprint density at radius 2 is 1.81 bits per heavy atom. The highest BCUT2D eigenvalue weighted by atomic mass is 35.5. The van der Waals surface area contributed by atoms with E-state index in [2.05, 4.69) is 5.32 Å². The van der Waals surface area contributed by atoms with Crippen LogP contribution >= 0.6 is 11.6 Å². The molecule has 2 rings (SSSR count). The number of nitrogens with one attached hydrogen (secondary N) is 1. The first kappa shape index (κ1) is 11.6. The molecule has 1 aromatic rings. The van der Waals surface area contributed by atoms with Crippen LogP contribution in [0, 0.1) is 0 Å². The third kappa shape index (κ3) is 2.82. The van der Waals surface area contributed by atoms with Crippen molar-refractivity contribution in [1.82, 2.24) is 0 Å². The van der Waals surface area contributed by atoms with Crippen LogP contribution in [0.2, 0.25) is 5.02 Å². The van der Waals surface area contributed by atoms with Crippen LogP contribution in [0.3, 0.4) is 0 Å². The molecular formula is C13H19ClN2. The number of nitrogens with two attached hydrogens (primary N) is 1. The van der Waals surface area contributed by atoms with E-state index in [1.54, 1.807) is 0 Å². The van der Waals surface area contributed by atoms with Gasteiger partial charge in [-0.2, -0.15) is 0 Å². The van der Waals surface area contributed by atoms with Gasteiger partial charge in [0.25, 0.3) is 0 Å². The molecule has 1 aliphatic carbocycles. The van der Waals surface area contributed by atoms with E-state index < -0.39 is 0 Å². The summed E-state index contributed by atoms with van der Waals surface area (Å²) in [5.41, 5.74) is 7.59. The molecule has 1 aliphatic rings. The maximum Gasteiger partial charge on any atom is 0.0765 e. The first-order valence-corrected chi connectivity index (χ1v) is 6.45. The topological polar surface area (TPSA) is 38.0 Å². The van der Waals surface area contributed by atoms with E-state index in [1.165, 1.54) is 38.5 Å². The van der Waals surface area contributed by atoms with Crippen LogP contribution in [0.15, 0.2) is 18.2 Å². The number of rotatable bonds is 2. The molecule has 0 amide bonds. The van der Waals surface area contributed by atoms with Gasteiger partial charge in [-0.25, -0.2) is 0 Å². The van der Waals surface area contributed by atoms with Gasteiger partial charge in [-0.3, -0.25) is 0 Å². The largest absolute Gasteiger partial charge is 0.397 e. The Labute approximate surface area is 102 Å². The SMILES string of the molecule is Nc1cccc(Cl)c1NC1CCCCCC1. The van der Waals surface area contributed by atoms with Crippen LogP contribution in [0.25, 0.3) is 0 Å². The zero-order valence-electron chi connectivity index (χ0n) is 9.51. The summed E-state index contributed by atoms with van der Waals surface area (Å²) >= 11 is 6.15. The summed E-state index contributed by atoms with van der Waals surface area (Å²) in [4.78, 5) is 0. The highest BCUT2D eigenvalue weighted by Crippen LogP contribution is 2.30. The van der Waals surface area contributed by atoms with Crippen molar-refractivity contribution < 1.29 is 0 Å². The van der Waals surface area contributed by atoms with Crippen LogP contribution in [0.5, 0.6) is 0 Å². The minimum absolute atomic E-state index is 0.532. The van der Waals surface area contributed by atoms with Crippen molar-refractivity contribution in [3.8, 4) is 0 Å². The maximum absolute atomic E-state index is 6.15. The molecule has 0 unspecified atom stereocenters. The molecule has 0 heterocycles. The van der Waals surface area contributed by atoms with E-state index in [4.69, 9.17) is 17.3 Å². The van der Waals surface area contributed by atoms with Crippen molar-refractivity contribution in [1.29, 1.82) is 0 Å². The van der Waals surface area contributed by atoms with Gasteiger partial charge in [-0.1, -0.05) is 43.4 Å². The van der Waals surface area contributed by atoms with Crippen LogP contribution < -0.4 is 11.1 Å². The lowest BCUT2D eigenvalue weighted by atomic mass is 10.1. The molecule has 2 nitrogen and oxygen atoms in total. The molecule has 1 saturated carbocycles. The summed E-state index contributed by atoms with van der Waals surface area (Å²) in [5, 5.41) is 4.23. The van der Waals surface area contributed by atoms with Gasteiger partial charge in [-0.05, 0) is 25.0 Å². The van der Waals surface area contributed by atoms with Gasteiger partial charge in [0.1, 0.15) is 0 Å². The Morgan fingerprint density at radius 3 is 2.44 bits per heavy atom. The number of para-hydroxylation sites is 1. The van der Waals surface area contributed by atoms with Crippen molar-refractivity contribution in [3.63, 3.8) is 0 Å². The number of anilines is 2. The molecule has 0 bridgehead atoms. The molecule has 0 spiro atoms. The predicted molar refractivity (Wildman–Crippen MR) is 71.0 cm³/mol. The first-order chi connectivity index (χ1) is 7.77. The molecule has 0 saturated heterocycles. The predicted octanol–water partition coefficient (Wildman–Crippen LogP) is 4.06.